The number of alkyl carbamates (subject to hydrolysis) is 1. The number of ether oxygens (including phenoxy) is 1. The molecule has 0 radical (unpaired) electrons. The standard InChI is InChI=1S/C26H43N3O5S/c1-8-9-13-27-23(31)22(20-17-18(2)10-11-19(20)3)29(14-15-30)24(32)21(12-16-35-7)28-25(33)34-26(4,5)6/h10-11,17,21-22,30H,8-9,12-16H2,1-7H3,(H,27,31)(H,28,33). The number of carbonyl (C=O) groups excluding carboxylic acids is 3. The van der Waals surface area contributed by atoms with Gasteiger partial charge in [0.05, 0.1) is 6.61 Å². The monoisotopic (exact) mass is 509 g/mol. The highest BCUT2D eigenvalue weighted by Gasteiger charge is 2.36. The molecule has 0 spiro atoms. The first-order valence-corrected chi connectivity index (χ1v) is 13.6. The van der Waals surface area contributed by atoms with Crippen LogP contribution in [-0.2, 0) is 14.3 Å². The number of thioether (sulfide) groups is 1. The summed E-state index contributed by atoms with van der Waals surface area (Å²) in [6.07, 6.45) is 3.32. The van der Waals surface area contributed by atoms with Crippen molar-refractivity contribution >= 4 is 29.7 Å². The van der Waals surface area contributed by atoms with Crippen LogP contribution in [0.5, 0.6) is 0 Å². The molecule has 0 saturated heterocycles. The van der Waals surface area contributed by atoms with Gasteiger partial charge in [-0.15, -0.1) is 0 Å². The van der Waals surface area contributed by atoms with Crippen LogP contribution in [0, 0.1) is 13.8 Å². The normalized spacial score (nSPS) is 13.0. The van der Waals surface area contributed by atoms with Gasteiger partial charge in [0.2, 0.25) is 11.8 Å². The average Bonchev–Trinajstić information content (AvgIpc) is 2.77. The van der Waals surface area contributed by atoms with Crippen molar-refractivity contribution < 1.29 is 24.2 Å². The van der Waals surface area contributed by atoms with E-state index in [9.17, 15) is 19.5 Å². The number of aliphatic hydroxyl groups is 1. The number of hydrogen-bond acceptors (Lipinski definition) is 6. The first-order valence-electron chi connectivity index (χ1n) is 12.2. The highest BCUT2D eigenvalue weighted by molar-refractivity contribution is 7.98. The second-order valence-electron chi connectivity index (χ2n) is 9.64. The van der Waals surface area contributed by atoms with E-state index in [0.29, 0.717) is 24.3 Å². The lowest BCUT2D eigenvalue weighted by Crippen LogP contribution is -2.54. The Balaban J connectivity index is 3.42. The summed E-state index contributed by atoms with van der Waals surface area (Å²) < 4.78 is 5.37. The molecule has 0 aliphatic rings. The van der Waals surface area contributed by atoms with Crippen molar-refractivity contribution in [3.8, 4) is 0 Å². The zero-order valence-electron chi connectivity index (χ0n) is 22.3. The largest absolute Gasteiger partial charge is 0.444 e. The maximum atomic E-state index is 13.8. The van der Waals surface area contributed by atoms with E-state index >= 15 is 0 Å². The number of benzene rings is 1. The van der Waals surface area contributed by atoms with Crippen LogP contribution in [-0.4, -0.2) is 71.3 Å². The summed E-state index contributed by atoms with van der Waals surface area (Å²) in [7, 11) is 0. The third-order valence-electron chi connectivity index (χ3n) is 5.34. The van der Waals surface area contributed by atoms with Gasteiger partial charge in [-0.05, 0) is 70.6 Å². The summed E-state index contributed by atoms with van der Waals surface area (Å²) in [5, 5.41) is 15.5. The molecule has 2 atom stereocenters. The van der Waals surface area contributed by atoms with E-state index in [4.69, 9.17) is 4.74 Å². The second-order valence-corrected chi connectivity index (χ2v) is 10.6. The van der Waals surface area contributed by atoms with E-state index in [2.05, 4.69) is 10.6 Å². The minimum Gasteiger partial charge on any atom is -0.444 e. The molecule has 0 fully saturated rings. The van der Waals surface area contributed by atoms with Gasteiger partial charge in [-0.25, -0.2) is 4.79 Å². The van der Waals surface area contributed by atoms with Crippen molar-refractivity contribution in [1.82, 2.24) is 15.5 Å². The Morgan fingerprint density at radius 2 is 1.89 bits per heavy atom. The number of amides is 3. The summed E-state index contributed by atoms with van der Waals surface area (Å²) in [5.74, 6) is -0.124. The zero-order valence-corrected chi connectivity index (χ0v) is 23.1. The van der Waals surface area contributed by atoms with Gasteiger partial charge in [0.25, 0.3) is 0 Å². The lowest BCUT2D eigenvalue weighted by Gasteiger charge is -2.35. The van der Waals surface area contributed by atoms with Gasteiger partial charge in [-0.2, -0.15) is 11.8 Å². The second kappa shape index (κ2) is 15.0. The highest BCUT2D eigenvalue weighted by atomic mass is 32.2. The Morgan fingerprint density at radius 1 is 1.20 bits per heavy atom. The molecule has 3 amide bonds. The quantitative estimate of drug-likeness (QED) is 0.350. The van der Waals surface area contributed by atoms with Crippen LogP contribution in [0.15, 0.2) is 18.2 Å². The van der Waals surface area contributed by atoms with Crippen LogP contribution < -0.4 is 10.6 Å². The third kappa shape index (κ3) is 10.5. The molecule has 2 unspecified atom stereocenters. The first-order chi connectivity index (χ1) is 16.4. The maximum Gasteiger partial charge on any atom is 0.408 e. The lowest BCUT2D eigenvalue weighted by atomic mass is 9.96. The number of rotatable bonds is 13. The van der Waals surface area contributed by atoms with E-state index < -0.39 is 29.7 Å². The highest BCUT2D eigenvalue weighted by Crippen LogP contribution is 2.27. The van der Waals surface area contributed by atoms with Crippen LogP contribution in [0.4, 0.5) is 4.79 Å². The van der Waals surface area contributed by atoms with E-state index in [0.717, 1.165) is 24.0 Å². The number of aliphatic hydroxyl groups excluding tert-OH is 1. The number of aryl methyl sites for hydroxylation is 2. The summed E-state index contributed by atoms with van der Waals surface area (Å²) in [6, 6.07) is 3.93. The lowest BCUT2D eigenvalue weighted by molar-refractivity contribution is -0.143. The number of nitrogens with one attached hydrogen (secondary N) is 2. The van der Waals surface area contributed by atoms with Gasteiger partial charge in [-0.1, -0.05) is 37.1 Å². The molecule has 0 bridgehead atoms. The van der Waals surface area contributed by atoms with E-state index in [-0.39, 0.29) is 19.1 Å². The van der Waals surface area contributed by atoms with Gasteiger partial charge in [0, 0.05) is 13.1 Å². The summed E-state index contributed by atoms with van der Waals surface area (Å²) in [5.41, 5.74) is 1.80. The maximum absolute atomic E-state index is 13.8. The van der Waals surface area contributed by atoms with Crippen molar-refractivity contribution in [1.29, 1.82) is 0 Å². The Hall–Kier alpha value is -2.26. The fourth-order valence-corrected chi connectivity index (χ4v) is 4.08. The molecule has 1 aromatic carbocycles. The minimum atomic E-state index is -0.941. The number of nitrogens with zero attached hydrogens (tertiary/aromatic N) is 1. The molecule has 8 nitrogen and oxygen atoms in total. The van der Waals surface area contributed by atoms with E-state index in [1.165, 1.54) is 4.90 Å². The Bertz CT molecular complexity index is 841. The van der Waals surface area contributed by atoms with Crippen molar-refractivity contribution in [2.45, 2.75) is 78.5 Å². The molecule has 1 rings (SSSR count). The van der Waals surface area contributed by atoms with Crippen molar-refractivity contribution in [3.63, 3.8) is 0 Å². The van der Waals surface area contributed by atoms with Crippen LogP contribution in [0.3, 0.4) is 0 Å². The molecule has 0 aliphatic heterocycles. The van der Waals surface area contributed by atoms with Crippen LogP contribution in [0.25, 0.3) is 0 Å². The van der Waals surface area contributed by atoms with E-state index in [1.54, 1.807) is 32.5 Å². The fraction of sp³-hybridized carbons (Fsp3) is 0.654. The molecule has 0 aromatic heterocycles. The SMILES string of the molecule is CCCCNC(=O)C(c1cc(C)ccc1C)N(CCO)C(=O)C(CCSC)NC(=O)OC(C)(C)C. The van der Waals surface area contributed by atoms with Gasteiger partial charge in [-0.3, -0.25) is 9.59 Å². The Morgan fingerprint density at radius 3 is 2.46 bits per heavy atom. The van der Waals surface area contributed by atoms with Gasteiger partial charge in [0.1, 0.15) is 17.7 Å². The fourth-order valence-electron chi connectivity index (χ4n) is 3.61. The molecule has 198 valence electrons. The van der Waals surface area contributed by atoms with Gasteiger partial charge < -0.3 is 25.4 Å². The molecule has 0 heterocycles. The molecular formula is C26H43N3O5S. The van der Waals surface area contributed by atoms with Gasteiger partial charge in [0.15, 0.2) is 0 Å². The van der Waals surface area contributed by atoms with Crippen molar-refractivity contribution in [3.05, 3.63) is 34.9 Å². The van der Waals surface area contributed by atoms with Crippen LogP contribution in [0.1, 0.15) is 69.7 Å². The zero-order chi connectivity index (χ0) is 26.6. The molecule has 0 aliphatic carbocycles. The van der Waals surface area contributed by atoms with Crippen molar-refractivity contribution in [2.24, 2.45) is 0 Å². The number of hydrogen-bond donors (Lipinski definition) is 3. The Kier molecular flexibility index (Phi) is 13.2. The number of unbranched alkanes of at least 4 members (excludes halogenated alkanes) is 1. The Labute approximate surface area is 214 Å². The summed E-state index contributed by atoms with van der Waals surface area (Å²) in [6.45, 7) is 11.2. The molecule has 0 saturated carbocycles. The number of carbonyl (C=O) groups is 3. The summed E-state index contributed by atoms with van der Waals surface area (Å²) in [4.78, 5) is 41.2. The van der Waals surface area contributed by atoms with Crippen molar-refractivity contribution in [2.75, 3.05) is 31.7 Å². The predicted octanol–water partition coefficient (Wildman–Crippen LogP) is 3.73. The van der Waals surface area contributed by atoms with E-state index in [1.807, 2.05) is 45.2 Å². The molecule has 1 aromatic rings. The van der Waals surface area contributed by atoms with Gasteiger partial charge >= 0.3 is 6.09 Å². The molecule has 9 heteroatoms. The molecule has 35 heavy (non-hydrogen) atoms. The first kappa shape index (κ1) is 30.8. The average molecular weight is 510 g/mol. The third-order valence-corrected chi connectivity index (χ3v) is 5.99. The molecule has 3 N–H and O–H groups in total. The predicted molar refractivity (Wildman–Crippen MR) is 142 cm³/mol. The van der Waals surface area contributed by atoms with Crippen LogP contribution in [0.2, 0.25) is 0 Å². The summed E-state index contributed by atoms with van der Waals surface area (Å²) >= 11 is 1.55. The smallest absolute Gasteiger partial charge is 0.408 e. The molecular weight excluding hydrogens is 466 g/mol. The van der Waals surface area contributed by atoms with Crippen LogP contribution >= 0.6 is 11.8 Å². The topological polar surface area (TPSA) is 108 Å². The minimum absolute atomic E-state index is 0.0517.